The smallest absolute Gasteiger partial charge is 0.325 e. The van der Waals surface area contributed by atoms with Crippen LogP contribution in [0.25, 0.3) is 20.8 Å². The number of carbonyl (C=O) groups excluding carboxylic acids is 3. The van der Waals surface area contributed by atoms with Gasteiger partial charge >= 0.3 is 6.03 Å². The van der Waals surface area contributed by atoms with Crippen LogP contribution >= 0.6 is 11.3 Å². The highest BCUT2D eigenvalue weighted by Gasteiger charge is 2.56. The minimum Gasteiger partial charge on any atom is -0.325 e. The highest BCUT2D eigenvalue weighted by Crippen LogP contribution is 2.46. The van der Waals surface area contributed by atoms with Gasteiger partial charge in [0.2, 0.25) is 5.91 Å². The second kappa shape index (κ2) is 8.20. The minimum atomic E-state index is -0.911. The van der Waals surface area contributed by atoms with Gasteiger partial charge in [0.25, 0.3) is 5.91 Å². The summed E-state index contributed by atoms with van der Waals surface area (Å²) in [7, 11) is 0. The van der Waals surface area contributed by atoms with Crippen molar-refractivity contribution >= 4 is 45.1 Å². The summed E-state index contributed by atoms with van der Waals surface area (Å²) in [4.78, 5) is 44.5. The number of para-hydroxylation sites is 1. The summed E-state index contributed by atoms with van der Waals surface area (Å²) in [6.07, 6.45) is 2.18. The number of hydrogen-bond donors (Lipinski definition) is 2. The van der Waals surface area contributed by atoms with E-state index in [4.69, 9.17) is 0 Å². The predicted octanol–water partition coefficient (Wildman–Crippen LogP) is 5.04. The van der Waals surface area contributed by atoms with Crippen LogP contribution in [0.4, 0.5) is 10.5 Å². The second-order valence-electron chi connectivity index (χ2n) is 10.4. The van der Waals surface area contributed by atoms with Crippen LogP contribution in [0.2, 0.25) is 0 Å². The van der Waals surface area contributed by atoms with E-state index in [1.807, 2.05) is 42.5 Å². The fourth-order valence-corrected chi connectivity index (χ4v) is 6.68. The van der Waals surface area contributed by atoms with Gasteiger partial charge < -0.3 is 10.6 Å². The van der Waals surface area contributed by atoms with Gasteiger partial charge in [-0.2, -0.15) is 0 Å². The maximum Gasteiger partial charge on any atom is 0.325 e. The van der Waals surface area contributed by atoms with Crippen molar-refractivity contribution < 1.29 is 14.4 Å². The molecule has 2 unspecified atom stereocenters. The molecule has 2 heterocycles. The third-order valence-electron chi connectivity index (χ3n) is 6.61. The fourth-order valence-electron chi connectivity index (χ4n) is 5.72. The summed E-state index contributed by atoms with van der Waals surface area (Å²) in [6.45, 7) is 6.04. The lowest BCUT2D eigenvalue weighted by Crippen LogP contribution is -2.54. The van der Waals surface area contributed by atoms with Crippen LogP contribution in [0.3, 0.4) is 0 Å². The van der Waals surface area contributed by atoms with Gasteiger partial charge in [-0.1, -0.05) is 45.0 Å². The summed E-state index contributed by atoms with van der Waals surface area (Å²) < 4.78 is 1.10. The highest BCUT2D eigenvalue weighted by molar-refractivity contribution is 7.21. The molecule has 176 valence electrons. The molecule has 2 aliphatic rings. The number of carbonyl (C=O) groups is 3. The lowest BCUT2D eigenvalue weighted by atomic mass is 9.64. The molecular weight excluding hydrogens is 448 g/mol. The van der Waals surface area contributed by atoms with E-state index in [-0.39, 0.29) is 17.9 Å². The number of nitrogens with one attached hydrogen (secondary N) is 2. The first-order chi connectivity index (χ1) is 16.1. The first kappa shape index (κ1) is 22.5. The molecule has 0 bridgehead atoms. The van der Waals surface area contributed by atoms with E-state index in [9.17, 15) is 14.4 Å². The van der Waals surface area contributed by atoms with E-state index in [0.717, 1.165) is 32.1 Å². The van der Waals surface area contributed by atoms with Crippen LogP contribution in [0.5, 0.6) is 0 Å². The quantitative estimate of drug-likeness (QED) is 0.516. The minimum absolute atomic E-state index is 0.0556. The highest BCUT2D eigenvalue weighted by atomic mass is 32.1. The number of rotatable bonds is 4. The molecular formula is C26H28N4O3S. The molecule has 1 spiro atoms. The second-order valence-corrected chi connectivity index (χ2v) is 11.4. The van der Waals surface area contributed by atoms with E-state index in [0.29, 0.717) is 24.4 Å². The molecule has 1 saturated carbocycles. The maximum absolute atomic E-state index is 13.3. The van der Waals surface area contributed by atoms with E-state index in [2.05, 4.69) is 36.4 Å². The van der Waals surface area contributed by atoms with Crippen LogP contribution in [0.15, 0.2) is 48.5 Å². The van der Waals surface area contributed by atoms with Crippen molar-refractivity contribution in [3.8, 4) is 10.6 Å². The van der Waals surface area contributed by atoms with Gasteiger partial charge in [0.15, 0.2) is 0 Å². The number of fused-ring (bicyclic) bond motifs is 1. The molecule has 34 heavy (non-hydrogen) atoms. The third kappa shape index (κ3) is 4.18. The monoisotopic (exact) mass is 476 g/mol. The number of imide groups is 1. The number of urea groups is 1. The SMILES string of the molecule is CC1CC(C)(C)CC2(C1)NC(=O)N(CC(=O)Nc1cccc(-c3nc4ccccc4s3)c1)C2=O. The summed E-state index contributed by atoms with van der Waals surface area (Å²) >= 11 is 1.59. The van der Waals surface area contributed by atoms with Gasteiger partial charge in [0, 0.05) is 11.3 Å². The predicted molar refractivity (Wildman–Crippen MR) is 133 cm³/mol. The van der Waals surface area contributed by atoms with Crippen LogP contribution in [0.1, 0.15) is 40.0 Å². The number of hydrogen-bond acceptors (Lipinski definition) is 5. The maximum atomic E-state index is 13.3. The molecule has 2 fully saturated rings. The zero-order chi connectivity index (χ0) is 24.1. The molecule has 3 aromatic rings. The molecule has 2 atom stereocenters. The Morgan fingerprint density at radius 2 is 1.97 bits per heavy atom. The van der Waals surface area contributed by atoms with Crippen molar-refractivity contribution in [2.24, 2.45) is 11.3 Å². The summed E-state index contributed by atoms with van der Waals surface area (Å²) in [5.74, 6) is -0.396. The Morgan fingerprint density at radius 3 is 2.74 bits per heavy atom. The Balaban J connectivity index is 1.29. The number of amides is 4. The average Bonchev–Trinajstić information content (AvgIpc) is 3.28. The molecule has 8 heteroatoms. The number of aromatic nitrogens is 1. The molecule has 5 rings (SSSR count). The molecule has 2 N–H and O–H groups in total. The van der Waals surface area contributed by atoms with Crippen LogP contribution in [-0.2, 0) is 9.59 Å². The zero-order valence-electron chi connectivity index (χ0n) is 19.6. The standard InChI is InChI=1S/C26H28N4O3S/c1-16-12-25(2,3)15-26(13-16)23(32)30(24(33)29-26)14-21(31)27-18-8-6-7-17(11-18)22-28-19-9-4-5-10-20(19)34-22/h4-11,16H,12-15H2,1-3H3,(H,27,31)(H,29,33). The van der Waals surface area contributed by atoms with Crippen molar-refractivity contribution in [1.29, 1.82) is 0 Å². The van der Waals surface area contributed by atoms with E-state index in [1.165, 1.54) is 0 Å². The van der Waals surface area contributed by atoms with Gasteiger partial charge in [0.05, 0.1) is 10.2 Å². The number of anilines is 1. The molecule has 2 aromatic carbocycles. The van der Waals surface area contributed by atoms with E-state index < -0.39 is 17.5 Å². The molecule has 4 amide bonds. The summed E-state index contributed by atoms with van der Waals surface area (Å²) in [5.41, 5.74) is 1.46. The van der Waals surface area contributed by atoms with Crippen molar-refractivity contribution in [3.63, 3.8) is 0 Å². The average molecular weight is 477 g/mol. The van der Waals surface area contributed by atoms with Crippen molar-refractivity contribution in [3.05, 3.63) is 48.5 Å². The van der Waals surface area contributed by atoms with Crippen molar-refractivity contribution in [1.82, 2.24) is 15.2 Å². The Labute approximate surface area is 202 Å². The molecule has 7 nitrogen and oxygen atoms in total. The van der Waals surface area contributed by atoms with Gasteiger partial charge in [-0.05, 0) is 54.9 Å². The van der Waals surface area contributed by atoms with Crippen molar-refractivity contribution in [2.45, 2.75) is 45.6 Å². The Kier molecular flexibility index (Phi) is 5.43. The largest absolute Gasteiger partial charge is 0.325 e. The normalized spacial score (nSPS) is 24.0. The zero-order valence-corrected chi connectivity index (χ0v) is 20.4. The Morgan fingerprint density at radius 1 is 1.18 bits per heavy atom. The van der Waals surface area contributed by atoms with Crippen LogP contribution < -0.4 is 10.6 Å². The van der Waals surface area contributed by atoms with Gasteiger partial charge in [0.1, 0.15) is 17.1 Å². The Bertz CT molecular complexity index is 1270. The van der Waals surface area contributed by atoms with Crippen molar-refractivity contribution in [2.75, 3.05) is 11.9 Å². The van der Waals surface area contributed by atoms with Gasteiger partial charge in [-0.25, -0.2) is 9.78 Å². The molecule has 0 radical (unpaired) electrons. The third-order valence-corrected chi connectivity index (χ3v) is 7.70. The number of nitrogens with zero attached hydrogens (tertiary/aromatic N) is 2. The lowest BCUT2D eigenvalue weighted by molar-refractivity contribution is -0.136. The van der Waals surface area contributed by atoms with Gasteiger partial charge in [-0.15, -0.1) is 11.3 Å². The number of benzene rings is 2. The lowest BCUT2D eigenvalue weighted by Gasteiger charge is -2.43. The topological polar surface area (TPSA) is 91.4 Å². The Hall–Kier alpha value is -3.26. The molecule has 1 aliphatic carbocycles. The first-order valence-corrected chi connectivity index (χ1v) is 12.4. The molecule has 1 aliphatic heterocycles. The number of thiazole rings is 1. The van der Waals surface area contributed by atoms with Crippen LogP contribution in [-0.4, -0.2) is 39.8 Å². The van der Waals surface area contributed by atoms with E-state index >= 15 is 0 Å². The molecule has 1 saturated heterocycles. The molecule has 1 aromatic heterocycles. The van der Waals surface area contributed by atoms with Crippen LogP contribution in [0, 0.1) is 11.3 Å². The van der Waals surface area contributed by atoms with E-state index in [1.54, 1.807) is 17.4 Å². The fraction of sp³-hybridized carbons (Fsp3) is 0.385. The van der Waals surface area contributed by atoms with Gasteiger partial charge in [-0.3, -0.25) is 14.5 Å². The summed E-state index contributed by atoms with van der Waals surface area (Å²) in [6, 6.07) is 14.9. The summed E-state index contributed by atoms with van der Waals surface area (Å²) in [5, 5.41) is 6.62. The first-order valence-electron chi connectivity index (χ1n) is 11.5.